The second kappa shape index (κ2) is 26.7. The molecule has 32 heavy (non-hydrogen) atoms. The van der Waals surface area contributed by atoms with E-state index in [0.717, 1.165) is 6.42 Å². The van der Waals surface area contributed by atoms with E-state index in [4.69, 9.17) is 4.74 Å². The van der Waals surface area contributed by atoms with E-state index in [1.807, 2.05) is 0 Å². The summed E-state index contributed by atoms with van der Waals surface area (Å²) in [4.78, 5) is 12.2. The highest BCUT2D eigenvalue weighted by atomic mass is 16.5. The predicted octanol–water partition coefficient (Wildman–Crippen LogP) is 10.6. The van der Waals surface area contributed by atoms with E-state index in [1.54, 1.807) is 0 Å². The SMILES string of the molecule is CCCCCCCCCCCC(CCCCCCCCC)COC(=O)CCCCCCC. The zero-order chi connectivity index (χ0) is 23.5. The van der Waals surface area contributed by atoms with Gasteiger partial charge in [0.05, 0.1) is 6.61 Å². The molecular formula is C30H60O2. The van der Waals surface area contributed by atoms with Crippen LogP contribution in [0.5, 0.6) is 0 Å². The first-order valence-corrected chi connectivity index (χ1v) is 14.9. The van der Waals surface area contributed by atoms with Crippen molar-refractivity contribution in [1.29, 1.82) is 0 Å². The van der Waals surface area contributed by atoms with E-state index in [-0.39, 0.29) is 5.97 Å². The Morgan fingerprint density at radius 3 is 1.25 bits per heavy atom. The molecule has 0 bridgehead atoms. The summed E-state index contributed by atoms with van der Waals surface area (Å²) in [7, 11) is 0. The van der Waals surface area contributed by atoms with E-state index in [0.29, 0.717) is 18.9 Å². The second-order valence-corrected chi connectivity index (χ2v) is 10.2. The molecule has 0 spiro atoms. The molecule has 0 rings (SSSR count). The first-order valence-electron chi connectivity index (χ1n) is 14.9. The molecule has 0 radical (unpaired) electrons. The maximum Gasteiger partial charge on any atom is 0.305 e. The van der Waals surface area contributed by atoms with E-state index in [9.17, 15) is 4.79 Å². The Labute approximate surface area is 203 Å². The number of unbranched alkanes of at least 4 members (excludes halogenated alkanes) is 18. The highest BCUT2D eigenvalue weighted by molar-refractivity contribution is 5.69. The van der Waals surface area contributed by atoms with Crippen molar-refractivity contribution in [3.8, 4) is 0 Å². The molecule has 0 aromatic rings. The molecule has 0 saturated carbocycles. The number of hydrogen-bond acceptors (Lipinski definition) is 2. The van der Waals surface area contributed by atoms with Crippen LogP contribution in [-0.4, -0.2) is 12.6 Å². The lowest BCUT2D eigenvalue weighted by Crippen LogP contribution is -2.14. The highest BCUT2D eigenvalue weighted by Crippen LogP contribution is 2.20. The number of hydrogen-bond donors (Lipinski definition) is 0. The Morgan fingerprint density at radius 2 is 0.844 bits per heavy atom. The maximum atomic E-state index is 12.2. The van der Waals surface area contributed by atoms with Crippen LogP contribution in [0.25, 0.3) is 0 Å². The van der Waals surface area contributed by atoms with Crippen molar-refractivity contribution >= 4 is 5.97 Å². The summed E-state index contributed by atoms with van der Waals surface area (Å²) < 4.78 is 5.72. The molecule has 192 valence electrons. The molecule has 0 aromatic heterocycles. The standard InChI is InChI=1S/C30H60O2/c1-4-7-10-13-15-16-18-21-23-26-29(25-22-20-17-14-11-8-5-2)28-32-30(31)27-24-19-12-9-6-3/h29H,4-28H2,1-3H3. The zero-order valence-corrected chi connectivity index (χ0v) is 22.6. The van der Waals surface area contributed by atoms with Gasteiger partial charge in [0.25, 0.3) is 0 Å². The van der Waals surface area contributed by atoms with Crippen LogP contribution in [0.3, 0.4) is 0 Å². The molecule has 0 aliphatic heterocycles. The van der Waals surface area contributed by atoms with Crippen LogP contribution in [0.1, 0.15) is 175 Å². The lowest BCUT2D eigenvalue weighted by Gasteiger charge is -2.17. The quantitative estimate of drug-likeness (QED) is 0.0963. The van der Waals surface area contributed by atoms with Gasteiger partial charge in [0.1, 0.15) is 0 Å². The van der Waals surface area contributed by atoms with Crippen molar-refractivity contribution in [1.82, 2.24) is 0 Å². The van der Waals surface area contributed by atoms with E-state index in [1.165, 1.54) is 141 Å². The van der Waals surface area contributed by atoms with Crippen molar-refractivity contribution in [3.63, 3.8) is 0 Å². The first-order chi connectivity index (χ1) is 15.7. The first kappa shape index (κ1) is 31.5. The molecule has 1 atom stereocenters. The van der Waals surface area contributed by atoms with Gasteiger partial charge < -0.3 is 4.74 Å². The predicted molar refractivity (Wildman–Crippen MR) is 142 cm³/mol. The van der Waals surface area contributed by atoms with Crippen LogP contribution in [0, 0.1) is 5.92 Å². The molecule has 2 nitrogen and oxygen atoms in total. The molecule has 0 N–H and O–H groups in total. The second-order valence-electron chi connectivity index (χ2n) is 10.2. The van der Waals surface area contributed by atoms with Gasteiger partial charge in [0.2, 0.25) is 0 Å². The summed E-state index contributed by atoms with van der Waals surface area (Å²) in [5.74, 6) is 0.623. The molecule has 0 fully saturated rings. The van der Waals surface area contributed by atoms with Crippen molar-refractivity contribution in [2.45, 2.75) is 175 Å². The van der Waals surface area contributed by atoms with Gasteiger partial charge in [-0.3, -0.25) is 4.79 Å². The Morgan fingerprint density at radius 1 is 0.500 bits per heavy atom. The van der Waals surface area contributed by atoms with Gasteiger partial charge in [0, 0.05) is 6.42 Å². The van der Waals surface area contributed by atoms with Gasteiger partial charge in [-0.15, -0.1) is 0 Å². The van der Waals surface area contributed by atoms with Crippen LogP contribution in [0.4, 0.5) is 0 Å². The number of carbonyl (C=O) groups excluding carboxylic acids is 1. The molecule has 2 heteroatoms. The third-order valence-corrected chi connectivity index (χ3v) is 6.90. The topological polar surface area (TPSA) is 26.3 Å². The Hall–Kier alpha value is -0.530. The minimum absolute atomic E-state index is 0.0399. The van der Waals surface area contributed by atoms with Gasteiger partial charge in [0.15, 0.2) is 0 Å². The normalized spacial score (nSPS) is 12.2. The molecule has 0 aromatic carbocycles. The van der Waals surface area contributed by atoms with Gasteiger partial charge in [-0.2, -0.15) is 0 Å². The number of esters is 1. The lowest BCUT2D eigenvalue weighted by molar-refractivity contribution is -0.145. The van der Waals surface area contributed by atoms with E-state index < -0.39 is 0 Å². The average Bonchev–Trinajstić information content (AvgIpc) is 2.80. The van der Waals surface area contributed by atoms with E-state index >= 15 is 0 Å². The van der Waals surface area contributed by atoms with Crippen LogP contribution in [-0.2, 0) is 9.53 Å². The fraction of sp³-hybridized carbons (Fsp3) is 0.967. The third-order valence-electron chi connectivity index (χ3n) is 6.90. The van der Waals surface area contributed by atoms with Gasteiger partial charge in [-0.05, 0) is 25.2 Å². The monoisotopic (exact) mass is 452 g/mol. The largest absolute Gasteiger partial charge is 0.465 e. The minimum Gasteiger partial charge on any atom is -0.465 e. The summed E-state index contributed by atoms with van der Waals surface area (Å²) in [6.07, 6.45) is 31.0. The molecule has 1 unspecified atom stereocenters. The molecule has 0 heterocycles. The fourth-order valence-electron chi connectivity index (χ4n) is 4.60. The molecule has 0 aliphatic carbocycles. The van der Waals surface area contributed by atoms with Gasteiger partial charge in [-0.1, -0.05) is 149 Å². The number of ether oxygens (including phenoxy) is 1. The van der Waals surface area contributed by atoms with Gasteiger partial charge >= 0.3 is 5.97 Å². The molecule has 0 saturated heterocycles. The van der Waals surface area contributed by atoms with Crippen molar-refractivity contribution in [2.75, 3.05) is 6.61 Å². The number of carbonyl (C=O) groups is 1. The summed E-state index contributed by atoms with van der Waals surface area (Å²) in [6.45, 7) is 7.46. The Kier molecular flexibility index (Phi) is 26.3. The number of rotatable bonds is 26. The average molecular weight is 453 g/mol. The van der Waals surface area contributed by atoms with Crippen molar-refractivity contribution in [2.24, 2.45) is 5.92 Å². The van der Waals surface area contributed by atoms with Crippen LogP contribution in [0.2, 0.25) is 0 Å². The van der Waals surface area contributed by atoms with Crippen LogP contribution >= 0.6 is 0 Å². The summed E-state index contributed by atoms with van der Waals surface area (Å²) in [6, 6.07) is 0. The minimum atomic E-state index is 0.0399. The summed E-state index contributed by atoms with van der Waals surface area (Å²) in [5.41, 5.74) is 0. The Bertz CT molecular complexity index is 366. The van der Waals surface area contributed by atoms with Crippen molar-refractivity contribution in [3.05, 3.63) is 0 Å². The third kappa shape index (κ3) is 24.1. The van der Waals surface area contributed by atoms with Gasteiger partial charge in [-0.25, -0.2) is 0 Å². The fourth-order valence-corrected chi connectivity index (χ4v) is 4.60. The zero-order valence-electron chi connectivity index (χ0n) is 22.6. The van der Waals surface area contributed by atoms with Crippen molar-refractivity contribution < 1.29 is 9.53 Å². The Balaban J connectivity index is 3.99. The van der Waals surface area contributed by atoms with E-state index in [2.05, 4.69) is 20.8 Å². The molecular weight excluding hydrogens is 392 g/mol. The molecule has 0 aliphatic rings. The van der Waals surface area contributed by atoms with Crippen LogP contribution < -0.4 is 0 Å². The van der Waals surface area contributed by atoms with Crippen LogP contribution in [0.15, 0.2) is 0 Å². The maximum absolute atomic E-state index is 12.2. The lowest BCUT2D eigenvalue weighted by atomic mass is 9.94. The summed E-state index contributed by atoms with van der Waals surface area (Å²) >= 11 is 0. The summed E-state index contributed by atoms with van der Waals surface area (Å²) in [5, 5.41) is 0. The smallest absolute Gasteiger partial charge is 0.305 e. The highest BCUT2D eigenvalue weighted by Gasteiger charge is 2.12. The molecule has 0 amide bonds.